The van der Waals surface area contributed by atoms with Crippen LogP contribution in [-0.4, -0.2) is 27.6 Å². The maximum absolute atomic E-state index is 11.8. The summed E-state index contributed by atoms with van der Waals surface area (Å²) in [5.41, 5.74) is 0.588. The molecule has 0 radical (unpaired) electrons. The number of nitrogens with zero attached hydrogens (tertiary/aromatic N) is 2. The fourth-order valence-corrected chi connectivity index (χ4v) is 1.51. The molecule has 1 N–H and O–H groups in total. The summed E-state index contributed by atoms with van der Waals surface area (Å²) in [5, 5.41) is 12.8. The van der Waals surface area contributed by atoms with Crippen LogP contribution >= 0.6 is 0 Å². The van der Waals surface area contributed by atoms with E-state index in [9.17, 15) is 19.7 Å². The van der Waals surface area contributed by atoms with Gasteiger partial charge in [-0.3, -0.25) is 24.7 Å². The lowest BCUT2D eigenvalue weighted by molar-refractivity contribution is -0.493. The number of ketones is 1. The average molecular weight is 233 g/mol. The molecule has 1 atom stereocenters. The Morgan fingerprint density at radius 3 is 2.53 bits per heavy atom. The topological polar surface area (TPSA) is 102 Å². The van der Waals surface area contributed by atoms with E-state index in [4.69, 9.17) is 0 Å². The molecule has 2 heterocycles. The Kier molecular flexibility index (Phi) is 2.65. The minimum Gasteiger partial charge on any atom is -0.326 e. The van der Waals surface area contributed by atoms with Gasteiger partial charge in [-0.25, -0.2) is 0 Å². The first-order valence-electron chi connectivity index (χ1n) is 4.70. The maximum atomic E-state index is 11.8. The first kappa shape index (κ1) is 10.9. The van der Waals surface area contributed by atoms with E-state index in [-0.39, 0.29) is 5.57 Å². The van der Waals surface area contributed by atoms with Gasteiger partial charge in [0.15, 0.2) is 0 Å². The molecule has 1 amide bonds. The molecule has 0 bridgehead atoms. The van der Waals surface area contributed by atoms with Gasteiger partial charge in [-0.2, -0.15) is 0 Å². The number of nitrogens with one attached hydrogen (secondary N) is 1. The Bertz CT molecular complexity index is 524. The minimum absolute atomic E-state index is 0.105. The van der Waals surface area contributed by atoms with Gasteiger partial charge in [-0.1, -0.05) is 0 Å². The lowest BCUT2D eigenvalue weighted by Crippen LogP contribution is -2.47. The first-order valence-corrected chi connectivity index (χ1v) is 4.70. The molecule has 0 saturated heterocycles. The predicted molar refractivity (Wildman–Crippen MR) is 56.1 cm³/mol. The standard InChI is InChI=1S/C10H7N3O4/c14-9-7(6-1-3-11-4-2-6)5-12-10(15)8(9)13(16)17/h1-5,8H,(H,12,15). The Labute approximate surface area is 95.3 Å². The van der Waals surface area contributed by atoms with Crippen LogP contribution in [0.15, 0.2) is 30.7 Å². The monoisotopic (exact) mass is 233 g/mol. The number of aromatic nitrogens is 1. The van der Waals surface area contributed by atoms with E-state index in [1.165, 1.54) is 30.7 Å². The first-order chi connectivity index (χ1) is 8.11. The number of nitro groups is 1. The third-order valence-electron chi connectivity index (χ3n) is 2.32. The number of Topliss-reactive ketones (excluding diaryl/α,β-unsaturated/α-hetero) is 1. The molecular weight excluding hydrogens is 226 g/mol. The molecule has 2 rings (SSSR count). The summed E-state index contributed by atoms with van der Waals surface area (Å²) in [6.45, 7) is 0. The second-order valence-corrected chi connectivity index (χ2v) is 3.35. The third kappa shape index (κ3) is 1.89. The van der Waals surface area contributed by atoms with Gasteiger partial charge in [0.2, 0.25) is 5.78 Å². The van der Waals surface area contributed by atoms with Crippen molar-refractivity contribution >= 4 is 17.3 Å². The van der Waals surface area contributed by atoms with Gasteiger partial charge in [0, 0.05) is 29.1 Å². The molecule has 1 unspecified atom stereocenters. The van der Waals surface area contributed by atoms with Gasteiger partial charge in [0.05, 0.1) is 0 Å². The average Bonchev–Trinajstić information content (AvgIpc) is 2.30. The lowest BCUT2D eigenvalue weighted by Gasteiger charge is -2.15. The highest BCUT2D eigenvalue weighted by Crippen LogP contribution is 2.19. The summed E-state index contributed by atoms with van der Waals surface area (Å²) >= 11 is 0. The molecule has 86 valence electrons. The molecule has 1 aromatic rings. The van der Waals surface area contributed by atoms with E-state index in [2.05, 4.69) is 10.3 Å². The molecule has 0 aromatic carbocycles. The highest BCUT2D eigenvalue weighted by molar-refractivity contribution is 6.30. The number of hydrogen-bond donors (Lipinski definition) is 1. The molecular formula is C10H7N3O4. The van der Waals surface area contributed by atoms with Gasteiger partial charge in [-0.15, -0.1) is 0 Å². The summed E-state index contributed by atoms with van der Waals surface area (Å²) in [7, 11) is 0. The zero-order valence-corrected chi connectivity index (χ0v) is 8.49. The zero-order valence-electron chi connectivity index (χ0n) is 8.49. The van der Waals surface area contributed by atoms with Gasteiger partial charge in [-0.05, 0) is 17.7 Å². The Balaban J connectivity index is 2.41. The van der Waals surface area contributed by atoms with Gasteiger partial charge < -0.3 is 5.32 Å². The normalized spacial score (nSPS) is 19.5. The molecule has 0 saturated carbocycles. The van der Waals surface area contributed by atoms with Crippen LogP contribution in [0.2, 0.25) is 0 Å². The Morgan fingerprint density at radius 2 is 1.94 bits per heavy atom. The Morgan fingerprint density at radius 1 is 1.29 bits per heavy atom. The van der Waals surface area contributed by atoms with Crippen molar-refractivity contribution in [2.45, 2.75) is 6.04 Å². The molecule has 0 spiro atoms. The number of amides is 1. The summed E-state index contributed by atoms with van der Waals surface area (Å²) in [5.74, 6) is -1.73. The van der Waals surface area contributed by atoms with Crippen LogP contribution in [0.4, 0.5) is 0 Å². The second-order valence-electron chi connectivity index (χ2n) is 3.35. The van der Waals surface area contributed by atoms with Gasteiger partial charge >= 0.3 is 11.9 Å². The Hall–Kier alpha value is -2.57. The van der Waals surface area contributed by atoms with Gasteiger partial charge in [0.25, 0.3) is 0 Å². The summed E-state index contributed by atoms with van der Waals surface area (Å²) in [4.78, 5) is 36.5. The molecule has 1 aliphatic heterocycles. The second kappa shape index (κ2) is 4.12. The molecule has 0 fully saturated rings. The zero-order chi connectivity index (χ0) is 12.4. The number of pyridine rings is 1. The third-order valence-corrected chi connectivity index (χ3v) is 2.32. The van der Waals surface area contributed by atoms with Crippen LogP contribution in [0.25, 0.3) is 5.57 Å². The fraction of sp³-hybridized carbons (Fsp3) is 0.100. The van der Waals surface area contributed by atoms with Crippen molar-refractivity contribution in [2.24, 2.45) is 0 Å². The van der Waals surface area contributed by atoms with Crippen LogP contribution in [0.3, 0.4) is 0 Å². The van der Waals surface area contributed by atoms with Crippen molar-refractivity contribution < 1.29 is 14.5 Å². The molecule has 1 aromatic heterocycles. The van der Waals surface area contributed by atoms with Crippen molar-refractivity contribution in [3.63, 3.8) is 0 Å². The molecule has 7 nitrogen and oxygen atoms in total. The number of hydrogen-bond acceptors (Lipinski definition) is 5. The van der Waals surface area contributed by atoms with E-state index in [0.717, 1.165) is 0 Å². The largest absolute Gasteiger partial charge is 0.351 e. The van der Waals surface area contributed by atoms with E-state index in [0.29, 0.717) is 5.56 Å². The maximum Gasteiger partial charge on any atom is 0.351 e. The lowest BCUT2D eigenvalue weighted by atomic mass is 9.96. The summed E-state index contributed by atoms with van der Waals surface area (Å²) in [6, 6.07) is 1.21. The smallest absolute Gasteiger partial charge is 0.326 e. The van der Waals surface area contributed by atoms with Crippen molar-refractivity contribution in [3.8, 4) is 0 Å². The van der Waals surface area contributed by atoms with Gasteiger partial charge in [0.1, 0.15) is 0 Å². The highest BCUT2D eigenvalue weighted by Gasteiger charge is 2.42. The van der Waals surface area contributed by atoms with Crippen molar-refractivity contribution in [2.75, 3.05) is 0 Å². The van der Waals surface area contributed by atoms with Crippen molar-refractivity contribution in [1.82, 2.24) is 10.3 Å². The van der Waals surface area contributed by atoms with Crippen molar-refractivity contribution in [1.29, 1.82) is 0 Å². The van der Waals surface area contributed by atoms with Crippen LogP contribution in [0, 0.1) is 10.1 Å². The van der Waals surface area contributed by atoms with E-state index in [1.54, 1.807) is 0 Å². The van der Waals surface area contributed by atoms with Crippen LogP contribution in [0.5, 0.6) is 0 Å². The van der Waals surface area contributed by atoms with E-state index in [1.807, 2.05) is 0 Å². The minimum atomic E-state index is -1.87. The number of rotatable bonds is 2. The van der Waals surface area contributed by atoms with Crippen LogP contribution in [-0.2, 0) is 9.59 Å². The van der Waals surface area contributed by atoms with Crippen LogP contribution < -0.4 is 5.32 Å². The van der Waals surface area contributed by atoms with E-state index < -0.39 is 22.7 Å². The number of carbonyl (C=O) groups is 2. The SMILES string of the molecule is O=C1NC=C(c2ccncc2)C(=O)C1[N+](=O)[O-]. The molecule has 0 aliphatic carbocycles. The fourth-order valence-electron chi connectivity index (χ4n) is 1.51. The van der Waals surface area contributed by atoms with Crippen LogP contribution in [0.1, 0.15) is 5.56 Å². The molecule has 17 heavy (non-hydrogen) atoms. The molecule has 7 heteroatoms. The molecule has 1 aliphatic rings. The summed E-state index contributed by atoms with van der Waals surface area (Å²) in [6.07, 6.45) is 4.10. The number of carbonyl (C=O) groups excluding carboxylic acids is 2. The quantitative estimate of drug-likeness (QED) is 0.431. The van der Waals surface area contributed by atoms with Crippen molar-refractivity contribution in [3.05, 3.63) is 46.4 Å². The van der Waals surface area contributed by atoms with E-state index >= 15 is 0 Å². The predicted octanol–water partition coefficient (Wildman–Crippen LogP) is -0.233. The summed E-state index contributed by atoms with van der Waals surface area (Å²) < 4.78 is 0. The highest BCUT2D eigenvalue weighted by atomic mass is 16.6.